The van der Waals surface area contributed by atoms with Crippen LogP contribution in [-0.4, -0.2) is 22.7 Å². The fourth-order valence-corrected chi connectivity index (χ4v) is 2.26. The van der Waals surface area contributed by atoms with E-state index in [0.717, 1.165) is 30.6 Å². The Morgan fingerprint density at radius 3 is 2.84 bits per heavy atom. The van der Waals surface area contributed by atoms with Crippen LogP contribution >= 0.6 is 0 Å². The van der Waals surface area contributed by atoms with Crippen LogP contribution in [0.5, 0.6) is 0 Å². The van der Waals surface area contributed by atoms with E-state index in [4.69, 9.17) is 5.11 Å². The molecule has 3 nitrogen and oxygen atoms in total. The van der Waals surface area contributed by atoms with Crippen LogP contribution in [0.25, 0.3) is 10.9 Å². The molecule has 0 aliphatic rings. The van der Waals surface area contributed by atoms with Crippen molar-refractivity contribution in [1.29, 1.82) is 0 Å². The van der Waals surface area contributed by atoms with E-state index in [-0.39, 0.29) is 6.61 Å². The van der Waals surface area contributed by atoms with Crippen LogP contribution in [0.4, 0.5) is 0 Å². The molecule has 0 aliphatic heterocycles. The number of hydrogen-bond donors (Lipinski definition) is 2. The van der Waals surface area contributed by atoms with Gasteiger partial charge in [0, 0.05) is 30.3 Å². The number of fused-ring (bicyclic) bond motifs is 1. The number of nitrogens with zero attached hydrogens (tertiary/aromatic N) is 1. The van der Waals surface area contributed by atoms with Gasteiger partial charge in [-0.1, -0.05) is 19.1 Å². The minimum atomic E-state index is 0.242. The van der Waals surface area contributed by atoms with E-state index in [9.17, 15) is 0 Å². The summed E-state index contributed by atoms with van der Waals surface area (Å²) < 4.78 is 0. The third kappa shape index (κ3) is 3.75. The molecule has 3 heteroatoms. The number of nitrogens with one attached hydrogen (secondary N) is 1. The van der Waals surface area contributed by atoms with Crippen molar-refractivity contribution in [2.75, 3.05) is 6.61 Å². The Kier molecular flexibility index (Phi) is 4.88. The highest BCUT2D eigenvalue weighted by atomic mass is 16.3. The van der Waals surface area contributed by atoms with Gasteiger partial charge < -0.3 is 10.4 Å². The highest BCUT2D eigenvalue weighted by Gasteiger charge is 2.05. The summed E-state index contributed by atoms with van der Waals surface area (Å²) in [4.78, 5) is 4.50. The second kappa shape index (κ2) is 6.64. The highest BCUT2D eigenvalue weighted by molar-refractivity contribution is 5.79. The first-order chi connectivity index (χ1) is 9.22. The first kappa shape index (κ1) is 14.0. The van der Waals surface area contributed by atoms with Gasteiger partial charge in [0.15, 0.2) is 0 Å². The van der Waals surface area contributed by atoms with Crippen molar-refractivity contribution in [1.82, 2.24) is 10.3 Å². The first-order valence-corrected chi connectivity index (χ1v) is 6.93. The number of hydrogen-bond acceptors (Lipinski definition) is 3. The molecule has 1 heterocycles. The summed E-state index contributed by atoms with van der Waals surface area (Å²) in [6.45, 7) is 5.23. The van der Waals surface area contributed by atoms with Crippen LogP contribution in [-0.2, 0) is 6.54 Å². The largest absolute Gasteiger partial charge is 0.396 e. The topological polar surface area (TPSA) is 45.1 Å². The van der Waals surface area contributed by atoms with Gasteiger partial charge in [0.05, 0.1) is 5.52 Å². The number of rotatable bonds is 6. The molecule has 0 saturated heterocycles. The zero-order valence-corrected chi connectivity index (χ0v) is 11.7. The molecule has 0 radical (unpaired) electrons. The SMILES string of the molecule is CCC(CCO)NCc1ccc2nc(C)ccc2c1. The number of aliphatic hydroxyl groups excluding tert-OH is 1. The molecule has 0 bridgehead atoms. The Morgan fingerprint density at radius 2 is 2.11 bits per heavy atom. The van der Waals surface area contributed by atoms with Gasteiger partial charge >= 0.3 is 0 Å². The Morgan fingerprint density at radius 1 is 1.26 bits per heavy atom. The van der Waals surface area contributed by atoms with Gasteiger partial charge in [-0.2, -0.15) is 0 Å². The normalized spacial score (nSPS) is 12.8. The van der Waals surface area contributed by atoms with E-state index in [1.807, 2.05) is 13.0 Å². The minimum absolute atomic E-state index is 0.242. The quantitative estimate of drug-likeness (QED) is 0.837. The number of aryl methyl sites for hydroxylation is 1. The second-order valence-electron chi connectivity index (χ2n) is 4.98. The summed E-state index contributed by atoms with van der Waals surface area (Å²) in [6.07, 6.45) is 1.85. The molecule has 0 spiro atoms. The van der Waals surface area contributed by atoms with Crippen molar-refractivity contribution in [3.8, 4) is 0 Å². The Bertz CT molecular complexity index is 539. The lowest BCUT2D eigenvalue weighted by atomic mass is 10.1. The van der Waals surface area contributed by atoms with Crippen LogP contribution in [0, 0.1) is 6.92 Å². The van der Waals surface area contributed by atoms with E-state index < -0.39 is 0 Å². The fraction of sp³-hybridized carbons (Fsp3) is 0.438. The zero-order chi connectivity index (χ0) is 13.7. The summed E-state index contributed by atoms with van der Waals surface area (Å²) in [6, 6.07) is 10.9. The number of aliphatic hydroxyl groups is 1. The summed E-state index contributed by atoms with van der Waals surface area (Å²) in [7, 11) is 0. The van der Waals surface area contributed by atoms with Gasteiger partial charge in [-0.05, 0) is 43.5 Å². The van der Waals surface area contributed by atoms with Crippen molar-refractivity contribution in [3.63, 3.8) is 0 Å². The number of pyridine rings is 1. The maximum absolute atomic E-state index is 8.98. The molecule has 0 aliphatic carbocycles. The van der Waals surface area contributed by atoms with E-state index in [1.165, 1.54) is 10.9 Å². The van der Waals surface area contributed by atoms with Gasteiger partial charge in [0.1, 0.15) is 0 Å². The third-order valence-corrected chi connectivity index (χ3v) is 3.46. The monoisotopic (exact) mass is 258 g/mol. The molecular formula is C16H22N2O. The lowest BCUT2D eigenvalue weighted by Crippen LogP contribution is -2.28. The molecule has 1 aromatic carbocycles. The molecule has 0 amide bonds. The van der Waals surface area contributed by atoms with E-state index in [2.05, 4.69) is 41.5 Å². The first-order valence-electron chi connectivity index (χ1n) is 6.93. The number of benzene rings is 1. The van der Waals surface area contributed by atoms with Crippen LogP contribution in [0.15, 0.2) is 30.3 Å². The van der Waals surface area contributed by atoms with Gasteiger partial charge in [-0.3, -0.25) is 4.98 Å². The minimum Gasteiger partial charge on any atom is -0.396 e. The van der Waals surface area contributed by atoms with Gasteiger partial charge in [-0.15, -0.1) is 0 Å². The van der Waals surface area contributed by atoms with Crippen LogP contribution in [0.2, 0.25) is 0 Å². The lowest BCUT2D eigenvalue weighted by molar-refractivity contribution is 0.262. The number of aromatic nitrogens is 1. The van der Waals surface area contributed by atoms with Crippen LogP contribution in [0.1, 0.15) is 31.0 Å². The standard InChI is InChI=1S/C16H22N2O/c1-3-15(8-9-19)17-11-13-5-7-16-14(10-13)6-4-12(2)18-16/h4-7,10,15,17,19H,3,8-9,11H2,1-2H3. The Balaban J connectivity index is 2.07. The van der Waals surface area contributed by atoms with Crippen molar-refractivity contribution in [2.24, 2.45) is 0 Å². The average molecular weight is 258 g/mol. The molecular weight excluding hydrogens is 236 g/mol. The molecule has 2 N–H and O–H groups in total. The molecule has 1 aromatic heterocycles. The van der Waals surface area contributed by atoms with Crippen molar-refractivity contribution in [2.45, 2.75) is 39.3 Å². The van der Waals surface area contributed by atoms with Crippen LogP contribution in [0.3, 0.4) is 0 Å². The molecule has 1 unspecified atom stereocenters. The lowest BCUT2D eigenvalue weighted by Gasteiger charge is -2.15. The summed E-state index contributed by atoms with van der Waals surface area (Å²) in [5.41, 5.74) is 3.35. The molecule has 2 rings (SSSR count). The predicted molar refractivity (Wildman–Crippen MR) is 79.1 cm³/mol. The van der Waals surface area contributed by atoms with E-state index in [0.29, 0.717) is 6.04 Å². The van der Waals surface area contributed by atoms with E-state index >= 15 is 0 Å². The summed E-state index contributed by atoms with van der Waals surface area (Å²) in [5, 5.41) is 13.6. The van der Waals surface area contributed by atoms with Gasteiger partial charge in [0.25, 0.3) is 0 Å². The van der Waals surface area contributed by atoms with Crippen molar-refractivity contribution in [3.05, 3.63) is 41.6 Å². The maximum Gasteiger partial charge on any atom is 0.0705 e. The molecule has 102 valence electrons. The summed E-state index contributed by atoms with van der Waals surface area (Å²) >= 11 is 0. The van der Waals surface area contributed by atoms with Gasteiger partial charge in [0.2, 0.25) is 0 Å². The molecule has 2 aromatic rings. The summed E-state index contributed by atoms with van der Waals surface area (Å²) in [5.74, 6) is 0. The average Bonchev–Trinajstić information content (AvgIpc) is 2.43. The third-order valence-electron chi connectivity index (χ3n) is 3.46. The molecule has 0 fully saturated rings. The Labute approximate surface area is 114 Å². The van der Waals surface area contributed by atoms with Crippen molar-refractivity contribution >= 4 is 10.9 Å². The molecule has 0 saturated carbocycles. The zero-order valence-electron chi connectivity index (χ0n) is 11.7. The highest BCUT2D eigenvalue weighted by Crippen LogP contribution is 2.15. The maximum atomic E-state index is 8.98. The van der Waals surface area contributed by atoms with Gasteiger partial charge in [-0.25, -0.2) is 0 Å². The fourth-order valence-electron chi connectivity index (χ4n) is 2.26. The Hall–Kier alpha value is -1.45. The predicted octanol–water partition coefficient (Wildman–Crippen LogP) is 2.79. The van der Waals surface area contributed by atoms with E-state index in [1.54, 1.807) is 0 Å². The smallest absolute Gasteiger partial charge is 0.0705 e. The van der Waals surface area contributed by atoms with Crippen LogP contribution < -0.4 is 5.32 Å². The molecule has 1 atom stereocenters. The van der Waals surface area contributed by atoms with Crippen molar-refractivity contribution < 1.29 is 5.11 Å². The molecule has 19 heavy (non-hydrogen) atoms. The second-order valence-corrected chi connectivity index (χ2v) is 4.98.